The van der Waals surface area contributed by atoms with Crippen molar-refractivity contribution in [2.75, 3.05) is 6.61 Å². The van der Waals surface area contributed by atoms with E-state index in [4.69, 9.17) is 26.8 Å². The Hall–Kier alpha value is -3.78. The number of aliphatic hydroxyl groups is 1. The topological polar surface area (TPSA) is 90.5 Å². The lowest BCUT2D eigenvalue weighted by atomic mass is 9.93. The standard InChI is InChI=1S/C20H26N2O2.C14H11ClFNO/c1-4-19-18-11-22-8-7-16(18)17-6-5-15(10-20(17)24-19)23-12-14(21)9-13(2)3;1-2-14(18)12-8-17-6-5-10(12)11-4-3-9(15)7-13(11)16/h5-8,10-11,13-14,19H,4,9,12,21H2,1-3H3;2-8,14,18H,1H2/t14-,19?;/m0./s1. The minimum atomic E-state index is -0.885. The van der Waals surface area contributed by atoms with E-state index in [9.17, 15) is 9.50 Å². The van der Waals surface area contributed by atoms with Crippen LogP contribution in [0.15, 0.2) is 86.0 Å². The molecule has 2 aromatic carbocycles. The highest BCUT2D eigenvalue weighted by Gasteiger charge is 2.25. The molecule has 1 aliphatic rings. The number of hydrogen-bond acceptors (Lipinski definition) is 6. The summed E-state index contributed by atoms with van der Waals surface area (Å²) in [5.74, 6) is 1.81. The van der Waals surface area contributed by atoms with Gasteiger partial charge in [0.1, 0.15) is 30.0 Å². The van der Waals surface area contributed by atoms with Gasteiger partial charge in [-0.3, -0.25) is 9.97 Å². The van der Waals surface area contributed by atoms with Gasteiger partial charge < -0.3 is 20.3 Å². The lowest BCUT2D eigenvalue weighted by molar-refractivity contribution is 0.195. The van der Waals surface area contributed by atoms with Crippen LogP contribution in [0.25, 0.3) is 22.3 Å². The Morgan fingerprint density at radius 1 is 1.05 bits per heavy atom. The molecule has 0 amide bonds. The van der Waals surface area contributed by atoms with Crippen LogP contribution in [0.3, 0.4) is 0 Å². The molecular weight excluding hydrogens is 553 g/mol. The first-order valence-corrected chi connectivity index (χ1v) is 14.4. The fourth-order valence-corrected chi connectivity index (χ4v) is 5.10. The number of rotatable bonds is 9. The Kier molecular flexibility index (Phi) is 10.7. The largest absolute Gasteiger partial charge is 0.492 e. The molecule has 0 spiro atoms. The van der Waals surface area contributed by atoms with E-state index in [2.05, 4.69) is 49.5 Å². The minimum Gasteiger partial charge on any atom is -0.492 e. The van der Waals surface area contributed by atoms with Crippen molar-refractivity contribution in [3.63, 3.8) is 0 Å². The molecule has 0 aliphatic carbocycles. The number of fused-ring (bicyclic) bond motifs is 3. The first-order valence-electron chi connectivity index (χ1n) is 14.0. The van der Waals surface area contributed by atoms with Gasteiger partial charge in [0.25, 0.3) is 0 Å². The van der Waals surface area contributed by atoms with Crippen molar-refractivity contribution in [3.05, 3.63) is 108 Å². The van der Waals surface area contributed by atoms with Gasteiger partial charge in [-0.15, -0.1) is 6.58 Å². The molecule has 4 aromatic rings. The van der Waals surface area contributed by atoms with Crippen molar-refractivity contribution in [1.82, 2.24) is 9.97 Å². The molecule has 5 rings (SSSR count). The fourth-order valence-electron chi connectivity index (χ4n) is 4.94. The Labute approximate surface area is 252 Å². The third-order valence-corrected chi connectivity index (χ3v) is 7.17. The summed E-state index contributed by atoms with van der Waals surface area (Å²) in [6, 6.07) is 14.2. The van der Waals surface area contributed by atoms with Gasteiger partial charge in [-0.05, 0) is 72.4 Å². The first kappa shape index (κ1) is 31.2. The molecule has 0 bridgehead atoms. The van der Waals surface area contributed by atoms with E-state index in [0.717, 1.165) is 35.5 Å². The normalized spacial score (nSPS) is 14.9. The van der Waals surface area contributed by atoms with Gasteiger partial charge in [0.05, 0.1) is 6.10 Å². The lowest BCUT2D eigenvalue weighted by Gasteiger charge is -2.28. The summed E-state index contributed by atoms with van der Waals surface area (Å²) in [5.41, 5.74) is 11.0. The molecule has 8 heteroatoms. The summed E-state index contributed by atoms with van der Waals surface area (Å²) < 4.78 is 25.9. The molecule has 3 heterocycles. The van der Waals surface area contributed by atoms with Gasteiger partial charge in [-0.2, -0.15) is 0 Å². The second kappa shape index (κ2) is 14.4. The van der Waals surface area contributed by atoms with E-state index in [1.807, 2.05) is 24.5 Å². The number of halogens is 2. The first-order chi connectivity index (χ1) is 20.2. The average molecular weight is 590 g/mol. The predicted octanol–water partition coefficient (Wildman–Crippen LogP) is 8.10. The quantitative estimate of drug-likeness (QED) is 0.192. The van der Waals surface area contributed by atoms with Crippen LogP contribution in [-0.4, -0.2) is 27.7 Å². The van der Waals surface area contributed by atoms with Crippen LogP contribution in [0.5, 0.6) is 11.5 Å². The lowest BCUT2D eigenvalue weighted by Crippen LogP contribution is -2.29. The number of aliphatic hydroxyl groups excluding tert-OH is 1. The van der Waals surface area contributed by atoms with Crippen molar-refractivity contribution >= 4 is 11.6 Å². The van der Waals surface area contributed by atoms with Crippen molar-refractivity contribution in [1.29, 1.82) is 0 Å². The van der Waals surface area contributed by atoms with E-state index in [-0.39, 0.29) is 12.1 Å². The van der Waals surface area contributed by atoms with E-state index in [1.54, 1.807) is 24.4 Å². The van der Waals surface area contributed by atoms with Crippen LogP contribution in [0.1, 0.15) is 56.9 Å². The summed E-state index contributed by atoms with van der Waals surface area (Å²) in [5, 5.41) is 10.1. The SMILES string of the molecule is C=CC(O)c1cnccc1-c1ccc(Cl)cc1F.CCC1Oc2cc(OC[C@@H](N)CC(C)C)ccc2-c2ccncc21. The van der Waals surface area contributed by atoms with Crippen molar-refractivity contribution < 1.29 is 19.0 Å². The predicted molar refractivity (Wildman–Crippen MR) is 166 cm³/mol. The van der Waals surface area contributed by atoms with E-state index in [0.29, 0.717) is 34.2 Å². The van der Waals surface area contributed by atoms with Crippen molar-refractivity contribution in [2.45, 2.75) is 51.9 Å². The molecule has 3 atom stereocenters. The second-order valence-corrected chi connectivity index (χ2v) is 11.0. The summed E-state index contributed by atoms with van der Waals surface area (Å²) >= 11 is 5.72. The zero-order chi connectivity index (χ0) is 30.2. The van der Waals surface area contributed by atoms with Crippen LogP contribution in [0.4, 0.5) is 4.39 Å². The molecule has 3 N–H and O–H groups in total. The summed E-state index contributed by atoms with van der Waals surface area (Å²) in [4.78, 5) is 8.17. The van der Waals surface area contributed by atoms with Crippen LogP contribution in [0, 0.1) is 11.7 Å². The smallest absolute Gasteiger partial charge is 0.132 e. The Bertz CT molecular complexity index is 1510. The van der Waals surface area contributed by atoms with Gasteiger partial charge in [0.2, 0.25) is 0 Å². The maximum absolute atomic E-state index is 13.9. The average Bonchev–Trinajstić information content (AvgIpc) is 2.99. The molecule has 42 heavy (non-hydrogen) atoms. The third-order valence-electron chi connectivity index (χ3n) is 6.94. The summed E-state index contributed by atoms with van der Waals surface area (Å²) in [6.45, 7) is 10.5. The number of pyridine rings is 2. The molecular formula is C34H37ClFN3O3. The molecule has 2 aromatic heterocycles. The fraction of sp³-hybridized carbons (Fsp3) is 0.294. The summed E-state index contributed by atoms with van der Waals surface area (Å²) in [6.07, 6.45) is 9.16. The van der Waals surface area contributed by atoms with Crippen molar-refractivity contribution in [3.8, 4) is 33.8 Å². The number of hydrogen-bond donors (Lipinski definition) is 2. The number of nitrogens with zero attached hydrogens (tertiary/aromatic N) is 2. The maximum Gasteiger partial charge on any atom is 0.132 e. The molecule has 0 fully saturated rings. The van der Waals surface area contributed by atoms with E-state index in [1.165, 1.54) is 23.9 Å². The van der Waals surface area contributed by atoms with Crippen LogP contribution in [-0.2, 0) is 0 Å². The number of aromatic nitrogens is 2. The van der Waals surface area contributed by atoms with E-state index >= 15 is 0 Å². The van der Waals surface area contributed by atoms with E-state index < -0.39 is 11.9 Å². The zero-order valence-corrected chi connectivity index (χ0v) is 24.9. The molecule has 0 saturated carbocycles. The maximum atomic E-state index is 13.9. The zero-order valence-electron chi connectivity index (χ0n) is 24.1. The third kappa shape index (κ3) is 7.53. The number of benzene rings is 2. The van der Waals surface area contributed by atoms with Crippen molar-refractivity contribution in [2.24, 2.45) is 11.7 Å². The minimum absolute atomic E-state index is 0.0413. The van der Waals surface area contributed by atoms with Crippen LogP contribution < -0.4 is 15.2 Å². The van der Waals surface area contributed by atoms with Gasteiger partial charge >= 0.3 is 0 Å². The Balaban J connectivity index is 0.000000201. The molecule has 1 aliphatic heterocycles. The summed E-state index contributed by atoms with van der Waals surface area (Å²) in [7, 11) is 0. The Morgan fingerprint density at radius 3 is 2.45 bits per heavy atom. The van der Waals surface area contributed by atoms with Gasteiger partial charge in [0, 0.05) is 64.2 Å². The molecule has 6 nitrogen and oxygen atoms in total. The monoisotopic (exact) mass is 589 g/mol. The Morgan fingerprint density at radius 2 is 1.76 bits per heavy atom. The molecule has 0 saturated heterocycles. The second-order valence-electron chi connectivity index (χ2n) is 10.6. The highest BCUT2D eigenvalue weighted by atomic mass is 35.5. The van der Waals surface area contributed by atoms with Crippen LogP contribution in [0.2, 0.25) is 5.02 Å². The number of ether oxygens (including phenoxy) is 2. The molecule has 2 unspecified atom stereocenters. The van der Waals surface area contributed by atoms with Gasteiger partial charge in [0.15, 0.2) is 0 Å². The number of nitrogens with two attached hydrogens (primary N) is 1. The molecule has 0 radical (unpaired) electrons. The highest BCUT2D eigenvalue weighted by Crippen LogP contribution is 2.44. The molecule has 220 valence electrons. The van der Waals surface area contributed by atoms with Crippen LogP contribution >= 0.6 is 11.6 Å². The van der Waals surface area contributed by atoms with Gasteiger partial charge in [-0.1, -0.05) is 38.4 Å². The van der Waals surface area contributed by atoms with Gasteiger partial charge in [-0.25, -0.2) is 4.39 Å². The highest BCUT2D eigenvalue weighted by molar-refractivity contribution is 6.30.